The highest BCUT2D eigenvalue weighted by atomic mass is 35.5. The van der Waals surface area contributed by atoms with E-state index < -0.39 is 0 Å². The molecule has 2 aromatic rings. The van der Waals surface area contributed by atoms with Crippen LogP contribution in [0, 0.1) is 0 Å². The molecular formula is C13H12ClN3O. The Labute approximate surface area is 110 Å². The van der Waals surface area contributed by atoms with E-state index in [1.54, 1.807) is 0 Å². The van der Waals surface area contributed by atoms with Gasteiger partial charge in [-0.15, -0.1) is 0 Å². The van der Waals surface area contributed by atoms with Crippen molar-refractivity contribution in [3.05, 3.63) is 52.9 Å². The molecule has 0 saturated carbocycles. The second kappa shape index (κ2) is 4.92. The third kappa shape index (κ3) is 2.30. The number of ether oxygens (including phenoxy) is 1. The molecule has 1 aliphatic heterocycles. The molecule has 0 aliphatic carbocycles. The third-order valence-electron chi connectivity index (χ3n) is 2.83. The van der Waals surface area contributed by atoms with Crippen molar-refractivity contribution in [2.75, 3.05) is 6.54 Å². The highest BCUT2D eigenvalue weighted by Crippen LogP contribution is 2.25. The van der Waals surface area contributed by atoms with Crippen molar-refractivity contribution in [2.45, 2.75) is 12.6 Å². The van der Waals surface area contributed by atoms with Crippen LogP contribution < -0.4 is 10.1 Å². The Balaban J connectivity index is 1.92. The zero-order valence-electron chi connectivity index (χ0n) is 9.64. The summed E-state index contributed by atoms with van der Waals surface area (Å²) >= 11 is 5.85. The standard InChI is InChI=1S/C13H12ClN3O/c14-12-8-16-10-6-15-7-11(18-13(10)17-12)9-4-2-1-3-5-9/h1-5,8,11,15H,6-7H2. The minimum absolute atomic E-state index is 0.0692. The van der Waals surface area contributed by atoms with Gasteiger partial charge in [0.25, 0.3) is 0 Å². The molecule has 1 aromatic carbocycles. The van der Waals surface area contributed by atoms with Gasteiger partial charge < -0.3 is 10.1 Å². The van der Waals surface area contributed by atoms with Crippen molar-refractivity contribution in [3.8, 4) is 5.88 Å². The van der Waals surface area contributed by atoms with Gasteiger partial charge in [-0.2, -0.15) is 4.98 Å². The Morgan fingerprint density at radius 2 is 2.11 bits per heavy atom. The number of halogens is 1. The summed E-state index contributed by atoms with van der Waals surface area (Å²) in [4.78, 5) is 8.42. The van der Waals surface area contributed by atoms with Gasteiger partial charge in [-0.05, 0) is 5.56 Å². The lowest BCUT2D eigenvalue weighted by Gasteiger charge is -2.16. The fourth-order valence-electron chi connectivity index (χ4n) is 1.94. The highest BCUT2D eigenvalue weighted by molar-refractivity contribution is 6.29. The van der Waals surface area contributed by atoms with Crippen molar-refractivity contribution in [2.24, 2.45) is 0 Å². The van der Waals surface area contributed by atoms with Crippen molar-refractivity contribution in [3.63, 3.8) is 0 Å². The minimum Gasteiger partial charge on any atom is -0.467 e. The molecule has 0 bridgehead atoms. The van der Waals surface area contributed by atoms with Crippen molar-refractivity contribution in [1.82, 2.24) is 15.3 Å². The number of fused-ring (bicyclic) bond motifs is 1. The summed E-state index contributed by atoms with van der Waals surface area (Å²) < 4.78 is 5.90. The third-order valence-corrected chi connectivity index (χ3v) is 3.01. The number of aromatic nitrogens is 2. The van der Waals surface area contributed by atoms with Crippen molar-refractivity contribution in [1.29, 1.82) is 0 Å². The van der Waals surface area contributed by atoms with Crippen LogP contribution in [0.2, 0.25) is 5.15 Å². The van der Waals surface area contributed by atoms with Crippen LogP contribution in [0.1, 0.15) is 17.4 Å². The van der Waals surface area contributed by atoms with Crippen LogP contribution in [0.5, 0.6) is 5.88 Å². The molecule has 0 saturated heterocycles. The van der Waals surface area contributed by atoms with Crippen LogP contribution in [-0.2, 0) is 6.54 Å². The average Bonchev–Trinajstić information content (AvgIpc) is 2.61. The first-order valence-electron chi connectivity index (χ1n) is 5.76. The number of rotatable bonds is 1. The fraction of sp³-hybridized carbons (Fsp3) is 0.231. The van der Waals surface area contributed by atoms with Gasteiger partial charge in [-0.3, -0.25) is 4.98 Å². The van der Waals surface area contributed by atoms with Gasteiger partial charge in [0.15, 0.2) is 5.15 Å². The van der Waals surface area contributed by atoms with Crippen LogP contribution >= 0.6 is 11.6 Å². The van der Waals surface area contributed by atoms with Gasteiger partial charge >= 0.3 is 0 Å². The first-order chi connectivity index (χ1) is 8.83. The number of hydrogen-bond donors (Lipinski definition) is 1. The first kappa shape index (κ1) is 11.4. The number of nitrogens with one attached hydrogen (secondary N) is 1. The predicted octanol–water partition coefficient (Wildman–Crippen LogP) is 2.35. The highest BCUT2D eigenvalue weighted by Gasteiger charge is 2.20. The zero-order chi connectivity index (χ0) is 12.4. The smallest absolute Gasteiger partial charge is 0.239 e. The van der Waals surface area contributed by atoms with Gasteiger partial charge in [-0.1, -0.05) is 41.9 Å². The molecule has 92 valence electrons. The quantitative estimate of drug-likeness (QED) is 0.856. The van der Waals surface area contributed by atoms with Crippen LogP contribution in [0.25, 0.3) is 0 Å². The molecule has 4 nitrogen and oxygen atoms in total. The molecule has 1 aromatic heterocycles. The van der Waals surface area contributed by atoms with Crippen LogP contribution in [0.3, 0.4) is 0 Å². The molecule has 0 spiro atoms. The molecule has 1 atom stereocenters. The van der Waals surface area contributed by atoms with E-state index in [-0.39, 0.29) is 6.10 Å². The van der Waals surface area contributed by atoms with E-state index in [1.807, 2.05) is 30.3 Å². The second-order valence-corrected chi connectivity index (χ2v) is 4.48. The Morgan fingerprint density at radius 3 is 2.94 bits per heavy atom. The maximum Gasteiger partial charge on any atom is 0.239 e. The van der Waals surface area contributed by atoms with Gasteiger partial charge in [0.05, 0.1) is 6.20 Å². The SMILES string of the molecule is Clc1cnc2c(n1)OC(c1ccccc1)CNC2. The summed E-state index contributed by atoms with van der Waals surface area (Å²) in [6.07, 6.45) is 1.47. The van der Waals surface area contributed by atoms with Crippen LogP contribution in [0.15, 0.2) is 36.5 Å². The molecular weight excluding hydrogens is 250 g/mol. The number of nitrogens with zero attached hydrogens (tertiary/aromatic N) is 2. The molecule has 18 heavy (non-hydrogen) atoms. The summed E-state index contributed by atoms with van der Waals surface area (Å²) in [5, 5.41) is 3.65. The van der Waals surface area contributed by atoms with E-state index in [0.29, 0.717) is 17.6 Å². The molecule has 1 N–H and O–H groups in total. The van der Waals surface area contributed by atoms with Crippen LogP contribution in [-0.4, -0.2) is 16.5 Å². The summed E-state index contributed by atoms with van der Waals surface area (Å²) in [6, 6.07) is 10.0. The van der Waals surface area contributed by atoms with E-state index in [1.165, 1.54) is 6.20 Å². The van der Waals surface area contributed by atoms with Gasteiger partial charge in [0.2, 0.25) is 5.88 Å². The molecule has 2 heterocycles. The molecule has 0 fully saturated rings. The van der Waals surface area contributed by atoms with Gasteiger partial charge in [0.1, 0.15) is 11.8 Å². The Morgan fingerprint density at radius 1 is 1.28 bits per heavy atom. The maximum absolute atomic E-state index is 5.90. The lowest BCUT2D eigenvalue weighted by molar-refractivity contribution is 0.202. The molecule has 5 heteroatoms. The van der Waals surface area contributed by atoms with E-state index >= 15 is 0 Å². The van der Waals surface area contributed by atoms with E-state index in [2.05, 4.69) is 15.3 Å². The topological polar surface area (TPSA) is 47.0 Å². The van der Waals surface area contributed by atoms with E-state index in [4.69, 9.17) is 16.3 Å². The first-order valence-corrected chi connectivity index (χ1v) is 6.14. The van der Waals surface area contributed by atoms with Crippen LogP contribution in [0.4, 0.5) is 0 Å². The summed E-state index contributed by atoms with van der Waals surface area (Å²) in [5.41, 5.74) is 1.90. The minimum atomic E-state index is -0.0692. The Hall–Kier alpha value is -1.65. The van der Waals surface area contributed by atoms with Crippen molar-refractivity contribution < 1.29 is 4.74 Å². The summed E-state index contributed by atoms with van der Waals surface area (Å²) in [7, 11) is 0. The molecule has 1 unspecified atom stereocenters. The van der Waals surface area contributed by atoms with Gasteiger partial charge in [-0.25, -0.2) is 0 Å². The average molecular weight is 262 g/mol. The van der Waals surface area contributed by atoms with Gasteiger partial charge in [0, 0.05) is 13.1 Å². The zero-order valence-corrected chi connectivity index (χ0v) is 10.4. The number of hydrogen-bond acceptors (Lipinski definition) is 4. The summed E-state index contributed by atoms with van der Waals surface area (Å²) in [5.74, 6) is 0.515. The monoisotopic (exact) mass is 261 g/mol. The van der Waals surface area contributed by atoms with E-state index in [9.17, 15) is 0 Å². The predicted molar refractivity (Wildman–Crippen MR) is 68.6 cm³/mol. The molecule has 0 amide bonds. The molecule has 3 rings (SSSR count). The largest absolute Gasteiger partial charge is 0.467 e. The second-order valence-electron chi connectivity index (χ2n) is 4.09. The lowest BCUT2D eigenvalue weighted by atomic mass is 10.1. The Bertz CT molecular complexity index is 547. The normalized spacial score (nSPS) is 18.6. The molecule has 0 radical (unpaired) electrons. The lowest BCUT2D eigenvalue weighted by Crippen LogP contribution is -2.21. The number of benzene rings is 1. The Kier molecular flexibility index (Phi) is 3.13. The summed E-state index contributed by atoms with van der Waals surface area (Å²) in [6.45, 7) is 1.36. The maximum atomic E-state index is 5.90. The van der Waals surface area contributed by atoms with E-state index in [0.717, 1.165) is 17.8 Å². The molecule has 1 aliphatic rings. The fourth-order valence-corrected chi connectivity index (χ4v) is 2.07. The van der Waals surface area contributed by atoms with Crippen molar-refractivity contribution >= 4 is 11.6 Å².